The Labute approximate surface area is 107 Å². The maximum Gasteiger partial charge on any atom is 0.334 e. The highest BCUT2D eigenvalue weighted by molar-refractivity contribution is 5.98. The molecular formula is C14H17NO3. The molecule has 4 nitrogen and oxygen atoms in total. The molecule has 1 aromatic rings. The van der Waals surface area contributed by atoms with Crippen molar-refractivity contribution in [2.24, 2.45) is 4.99 Å². The van der Waals surface area contributed by atoms with E-state index in [2.05, 4.69) is 4.99 Å². The van der Waals surface area contributed by atoms with Crippen LogP contribution in [0.5, 0.6) is 0 Å². The second-order valence-electron chi connectivity index (χ2n) is 4.32. The predicted molar refractivity (Wildman–Crippen MR) is 68.7 cm³/mol. The van der Waals surface area contributed by atoms with Crippen LogP contribution in [0.25, 0.3) is 0 Å². The van der Waals surface area contributed by atoms with Gasteiger partial charge in [0.1, 0.15) is 6.10 Å². The lowest BCUT2D eigenvalue weighted by atomic mass is 10.1. The summed E-state index contributed by atoms with van der Waals surface area (Å²) in [5, 5.41) is 0. The summed E-state index contributed by atoms with van der Waals surface area (Å²) in [6.07, 6.45) is -0.278. The number of benzene rings is 1. The van der Waals surface area contributed by atoms with Crippen LogP contribution >= 0.6 is 0 Å². The molecule has 2 atom stereocenters. The van der Waals surface area contributed by atoms with Crippen molar-refractivity contribution in [1.82, 2.24) is 0 Å². The molecular weight excluding hydrogens is 230 g/mol. The maximum atomic E-state index is 11.7. The Bertz CT molecular complexity index is 482. The summed E-state index contributed by atoms with van der Waals surface area (Å²) in [6.45, 7) is 5.97. The number of aliphatic imine (C=N–C) groups is 1. The number of nitrogens with zero attached hydrogens (tertiary/aromatic N) is 1. The first-order valence-corrected chi connectivity index (χ1v) is 6.10. The van der Waals surface area contributed by atoms with E-state index in [1.165, 1.54) is 0 Å². The van der Waals surface area contributed by atoms with Gasteiger partial charge in [-0.15, -0.1) is 0 Å². The Kier molecular flexibility index (Phi) is 3.65. The van der Waals surface area contributed by atoms with Crippen LogP contribution in [0.4, 0.5) is 0 Å². The van der Waals surface area contributed by atoms with E-state index in [1.807, 2.05) is 38.1 Å². The smallest absolute Gasteiger partial charge is 0.334 e. The van der Waals surface area contributed by atoms with Crippen LogP contribution < -0.4 is 0 Å². The van der Waals surface area contributed by atoms with Gasteiger partial charge >= 0.3 is 5.97 Å². The van der Waals surface area contributed by atoms with Crippen molar-refractivity contribution in [3.63, 3.8) is 0 Å². The van der Waals surface area contributed by atoms with E-state index in [0.717, 1.165) is 11.1 Å². The van der Waals surface area contributed by atoms with E-state index < -0.39 is 6.04 Å². The first-order valence-electron chi connectivity index (χ1n) is 6.10. The van der Waals surface area contributed by atoms with Crippen molar-refractivity contribution in [3.8, 4) is 0 Å². The highest BCUT2D eigenvalue weighted by Crippen LogP contribution is 2.19. The second kappa shape index (κ2) is 5.21. The Balaban J connectivity index is 2.21. The maximum absolute atomic E-state index is 11.7. The molecule has 4 heteroatoms. The molecule has 1 aliphatic heterocycles. The van der Waals surface area contributed by atoms with E-state index in [4.69, 9.17) is 9.47 Å². The summed E-state index contributed by atoms with van der Waals surface area (Å²) in [5.74, 6) is 0.192. The molecule has 1 aromatic carbocycles. The molecule has 0 radical (unpaired) electrons. The minimum atomic E-state index is -0.555. The summed E-state index contributed by atoms with van der Waals surface area (Å²) >= 11 is 0. The Morgan fingerprint density at radius 3 is 2.94 bits per heavy atom. The molecule has 0 saturated heterocycles. The molecule has 96 valence electrons. The molecule has 1 heterocycles. The molecule has 1 aliphatic rings. The first kappa shape index (κ1) is 12.6. The lowest BCUT2D eigenvalue weighted by Crippen LogP contribution is -2.29. The van der Waals surface area contributed by atoms with Gasteiger partial charge in [-0.3, -0.25) is 0 Å². The number of rotatable bonds is 3. The van der Waals surface area contributed by atoms with Crippen LogP contribution in [0.1, 0.15) is 25.0 Å². The van der Waals surface area contributed by atoms with Gasteiger partial charge in [0.2, 0.25) is 5.90 Å². The van der Waals surface area contributed by atoms with Crippen molar-refractivity contribution >= 4 is 11.9 Å². The van der Waals surface area contributed by atoms with Crippen LogP contribution in [0.15, 0.2) is 29.3 Å². The molecule has 0 bridgehead atoms. The first-order chi connectivity index (χ1) is 8.61. The fraction of sp³-hybridized carbons (Fsp3) is 0.429. The summed E-state index contributed by atoms with van der Waals surface area (Å²) in [4.78, 5) is 16.0. The van der Waals surface area contributed by atoms with Crippen LogP contribution in [-0.4, -0.2) is 30.6 Å². The minimum absolute atomic E-state index is 0.278. The topological polar surface area (TPSA) is 47.9 Å². The quantitative estimate of drug-likeness (QED) is 0.768. The second-order valence-corrected chi connectivity index (χ2v) is 4.32. The highest BCUT2D eigenvalue weighted by atomic mass is 16.5. The third-order valence-electron chi connectivity index (χ3n) is 2.79. The number of carbonyl (C=O) groups excluding carboxylic acids is 1. The summed E-state index contributed by atoms with van der Waals surface area (Å²) in [5.41, 5.74) is 2.03. The third kappa shape index (κ3) is 2.53. The standard InChI is InChI=1S/C14H17NO3/c1-4-17-14(16)12-10(3)18-13(15-12)11-7-5-6-9(2)8-11/h5-8,10,12H,4H2,1-3H3/t10-,12-/m0/s1. The molecule has 0 spiro atoms. The Morgan fingerprint density at radius 1 is 1.50 bits per heavy atom. The normalized spacial score (nSPS) is 22.3. The lowest BCUT2D eigenvalue weighted by molar-refractivity contribution is -0.145. The number of hydrogen-bond acceptors (Lipinski definition) is 4. The van der Waals surface area contributed by atoms with E-state index in [0.29, 0.717) is 12.5 Å². The van der Waals surface area contributed by atoms with Gasteiger partial charge in [0.15, 0.2) is 6.04 Å². The van der Waals surface area contributed by atoms with Crippen LogP contribution in [0, 0.1) is 6.92 Å². The Hall–Kier alpha value is -1.84. The van der Waals surface area contributed by atoms with Crippen molar-refractivity contribution in [1.29, 1.82) is 0 Å². The largest absolute Gasteiger partial charge is 0.472 e. The number of aryl methyl sites for hydroxylation is 1. The average Bonchev–Trinajstić information content (AvgIpc) is 2.72. The summed E-state index contributed by atoms with van der Waals surface area (Å²) in [7, 11) is 0. The van der Waals surface area contributed by atoms with Gasteiger partial charge < -0.3 is 9.47 Å². The van der Waals surface area contributed by atoms with Gasteiger partial charge in [-0.2, -0.15) is 0 Å². The van der Waals surface area contributed by atoms with Crippen LogP contribution in [-0.2, 0) is 14.3 Å². The number of esters is 1. The molecule has 0 fully saturated rings. The van der Waals surface area contributed by atoms with Gasteiger partial charge in [0.25, 0.3) is 0 Å². The van der Waals surface area contributed by atoms with Crippen LogP contribution in [0.3, 0.4) is 0 Å². The van der Waals surface area contributed by atoms with E-state index in [9.17, 15) is 4.79 Å². The summed E-state index contributed by atoms with van der Waals surface area (Å²) in [6, 6.07) is 7.30. The number of hydrogen-bond donors (Lipinski definition) is 0. The molecule has 0 amide bonds. The van der Waals surface area contributed by atoms with Crippen molar-refractivity contribution in [2.75, 3.05) is 6.61 Å². The fourth-order valence-corrected chi connectivity index (χ4v) is 1.89. The molecule has 18 heavy (non-hydrogen) atoms. The van der Waals surface area contributed by atoms with Crippen LogP contribution in [0.2, 0.25) is 0 Å². The zero-order valence-corrected chi connectivity index (χ0v) is 10.8. The molecule has 0 unspecified atom stereocenters. The monoisotopic (exact) mass is 247 g/mol. The van der Waals surface area contributed by atoms with E-state index >= 15 is 0 Å². The molecule has 0 N–H and O–H groups in total. The predicted octanol–water partition coefficient (Wildman–Crippen LogP) is 2.09. The van der Waals surface area contributed by atoms with Gasteiger partial charge in [0, 0.05) is 5.56 Å². The van der Waals surface area contributed by atoms with Gasteiger partial charge in [-0.05, 0) is 32.9 Å². The average molecular weight is 247 g/mol. The zero-order chi connectivity index (χ0) is 13.1. The van der Waals surface area contributed by atoms with Gasteiger partial charge in [0.05, 0.1) is 6.61 Å². The van der Waals surface area contributed by atoms with Gasteiger partial charge in [-0.25, -0.2) is 9.79 Å². The van der Waals surface area contributed by atoms with Crippen molar-refractivity contribution < 1.29 is 14.3 Å². The Morgan fingerprint density at radius 2 is 2.28 bits per heavy atom. The SMILES string of the molecule is CCOC(=O)[C@H]1N=C(c2cccc(C)c2)O[C@H]1C. The third-order valence-corrected chi connectivity index (χ3v) is 2.79. The fourth-order valence-electron chi connectivity index (χ4n) is 1.89. The number of ether oxygens (including phenoxy) is 2. The lowest BCUT2D eigenvalue weighted by Gasteiger charge is -2.11. The minimum Gasteiger partial charge on any atom is -0.472 e. The molecule has 0 aliphatic carbocycles. The molecule has 2 rings (SSSR count). The highest BCUT2D eigenvalue weighted by Gasteiger charge is 2.34. The van der Waals surface area contributed by atoms with E-state index in [-0.39, 0.29) is 12.1 Å². The molecule has 0 aromatic heterocycles. The van der Waals surface area contributed by atoms with Crippen molar-refractivity contribution in [2.45, 2.75) is 32.9 Å². The summed E-state index contributed by atoms with van der Waals surface area (Å²) < 4.78 is 10.6. The van der Waals surface area contributed by atoms with E-state index in [1.54, 1.807) is 6.92 Å². The zero-order valence-electron chi connectivity index (χ0n) is 10.8. The van der Waals surface area contributed by atoms with Crippen molar-refractivity contribution in [3.05, 3.63) is 35.4 Å². The molecule has 0 saturated carbocycles. The van der Waals surface area contributed by atoms with Gasteiger partial charge in [-0.1, -0.05) is 17.7 Å². The number of carbonyl (C=O) groups is 1.